The van der Waals surface area contributed by atoms with Gasteiger partial charge >= 0.3 is 0 Å². The largest absolute Gasteiger partial charge is 0.456 e. The van der Waals surface area contributed by atoms with Gasteiger partial charge < -0.3 is 10.5 Å². The van der Waals surface area contributed by atoms with Crippen LogP contribution in [0.4, 0.5) is 5.69 Å². The van der Waals surface area contributed by atoms with Gasteiger partial charge in [0.2, 0.25) is 0 Å². The summed E-state index contributed by atoms with van der Waals surface area (Å²) in [5, 5.41) is 0.522. The number of halogens is 1. The van der Waals surface area contributed by atoms with Crippen LogP contribution in [0, 0.1) is 20.8 Å². The number of ether oxygens (including phenoxy) is 1. The number of nitrogen functional groups attached to an aromatic ring is 1. The molecule has 2 aromatic carbocycles. The van der Waals surface area contributed by atoms with Crippen molar-refractivity contribution < 1.29 is 4.74 Å². The predicted octanol–water partition coefficient (Wildman–Crippen LogP) is 4.64. The van der Waals surface area contributed by atoms with Crippen molar-refractivity contribution in [2.24, 2.45) is 0 Å². The fourth-order valence-electron chi connectivity index (χ4n) is 1.83. The zero-order valence-corrected chi connectivity index (χ0v) is 11.5. The smallest absolute Gasteiger partial charge is 0.146 e. The van der Waals surface area contributed by atoms with Gasteiger partial charge in [0.15, 0.2) is 0 Å². The Balaban J connectivity index is 2.40. The number of aryl methyl sites for hydroxylation is 2. The average molecular weight is 262 g/mol. The van der Waals surface area contributed by atoms with E-state index in [0.29, 0.717) is 16.5 Å². The SMILES string of the molecule is Cc1cc(C)c(C)c(Oc2ccc(N)cc2Cl)c1. The number of rotatable bonds is 2. The topological polar surface area (TPSA) is 35.2 Å². The molecule has 0 saturated carbocycles. The van der Waals surface area contributed by atoms with Crippen LogP contribution < -0.4 is 10.5 Å². The van der Waals surface area contributed by atoms with Crippen LogP contribution in [-0.2, 0) is 0 Å². The second kappa shape index (κ2) is 4.91. The molecule has 2 nitrogen and oxygen atoms in total. The van der Waals surface area contributed by atoms with Gasteiger partial charge in [-0.3, -0.25) is 0 Å². The minimum Gasteiger partial charge on any atom is -0.456 e. The van der Waals surface area contributed by atoms with E-state index in [9.17, 15) is 0 Å². The van der Waals surface area contributed by atoms with Gasteiger partial charge in [-0.1, -0.05) is 17.7 Å². The fourth-order valence-corrected chi connectivity index (χ4v) is 2.05. The van der Waals surface area contributed by atoms with E-state index < -0.39 is 0 Å². The summed E-state index contributed by atoms with van der Waals surface area (Å²) >= 11 is 6.11. The lowest BCUT2D eigenvalue weighted by molar-refractivity contribution is 0.478. The van der Waals surface area contributed by atoms with Crippen molar-refractivity contribution in [2.45, 2.75) is 20.8 Å². The number of benzene rings is 2. The minimum atomic E-state index is 0.522. The second-order valence-electron chi connectivity index (χ2n) is 4.50. The molecule has 0 saturated heterocycles. The highest BCUT2D eigenvalue weighted by Gasteiger charge is 2.08. The van der Waals surface area contributed by atoms with Crippen molar-refractivity contribution in [1.29, 1.82) is 0 Å². The maximum Gasteiger partial charge on any atom is 0.146 e. The molecule has 3 heteroatoms. The van der Waals surface area contributed by atoms with Crippen LogP contribution in [0.2, 0.25) is 5.02 Å². The summed E-state index contributed by atoms with van der Waals surface area (Å²) in [5.41, 5.74) is 9.78. The Bertz CT molecular complexity index is 593. The van der Waals surface area contributed by atoms with Gasteiger partial charge in [0.05, 0.1) is 5.02 Å². The molecular weight excluding hydrogens is 246 g/mol. The summed E-state index contributed by atoms with van der Waals surface area (Å²) in [6.45, 7) is 6.15. The van der Waals surface area contributed by atoms with Gasteiger partial charge in [0.25, 0.3) is 0 Å². The van der Waals surface area contributed by atoms with Gasteiger partial charge in [-0.25, -0.2) is 0 Å². The Labute approximate surface area is 112 Å². The first-order valence-electron chi connectivity index (χ1n) is 5.78. The zero-order valence-electron chi connectivity index (χ0n) is 10.8. The first-order chi connectivity index (χ1) is 8.47. The molecule has 0 atom stereocenters. The monoisotopic (exact) mass is 261 g/mol. The van der Waals surface area contributed by atoms with E-state index in [0.717, 1.165) is 11.3 Å². The molecule has 0 bridgehead atoms. The van der Waals surface area contributed by atoms with Crippen LogP contribution in [0.25, 0.3) is 0 Å². The van der Waals surface area contributed by atoms with Crippen LogP contribution in [0.15, 0.2) is 30.3 Å². The minimum absolute atomic E-state index is 0.522. The molecule has 0 unspecified atom stereocenters. The number of hydrogen-bond acceptors (Lipinski definition) is 2. The number of anilines is 1. The molecule has 0 fully saturated rings. The molecular formula is C15H16ClNO. The Morgan fingerprint density at radius 1 is 1.00 bits per heavy atom. The van der Waals surface area contributed by atoms with Crippen molar-refractivity contribution in [3.8, 4) is 11.5 Å². The first kappa shape index (κ1) is 12.8. The molecule has 0 aliphatic heterocycles. The molecule has 0 heterocycles. The van der Waals surface area contributed by atoms with Crippen molar-refractivity contribution in [3.63, 3.8) is 0 Å². The molecule has 0 aromatic heterocycles. The van der Waals surface area contributed by atoms with E-state index in [-0.39, 0.29) is 0 Å². The Kier molecular flexibility index (Phi) is 3.48. The third kappa shape index (κ3) is 2.59. The van der Waals surface area contributed by atoms with Crippen molar-refractivity contribution >= 4 is 17.3 Å². The van der Waals surface area contributed by atoms with Gasteiger partial charge in [-0.05, 0) is 61.7 Å². The fraction of sp³-hybridized carbons (Fsp3) is 0.200. The van der Waals surface area contributed by atoms with E-state index in [1.807, 2.05) is 19.9 Å². The Morgan fingerprint density at radius 3 is 2.39 bits per heavy atom. The van der Waals surface area contributed by atoms with E-state index in [1.165, 1.54) is 11.1 Å². The third-order valence-electron chi connectivity index (χ3n) is 2.94. The highest BCUT2D eigenvalue weighted by atomic mass is 35.5. The molecule has 94 valence electrons. The standard InChI is InChI=1S/C15H16ClNO/c1-9-6-10(2)11(3)15(7-9)18-14-5-4-12(17)8-13(14)16/h4-8H,17H2,1-3H3. The lowest BCUT2D eigenvalue weighted by Crippen LogP contribution is -1.93. The normalized spacial score (nSPS) is 10.4. The number of hydrogen-bond donors (Lipinski definition) is 1. The first-order valence-corrected chi connectivity index (χ1v) is 6.16. The van der Waals surface area contributed by atoms with Gasteiger partial charge in [0.1, 0.15) is 11.5 Å². The predicted molar refractivity (Wildman–Crippen MR) is 76.6 cm³/mol. The highest BCUT2D eigenvalue weighted by Crippen LogP contribution is 2.33. The molecule has 0 amide bonds. The van der Waals surface area contributed by atoms with Crippen molar-refractivity contribution in [1.82, 2.24) is 0 Å². The number of nitrogens with two attached hydrogens (primary N) is 1. The second-order valence-corrected chi connectivity index (χ2v) is 4.90. The summed E-state index contributed by atoms with van der Waals surface area (Å²) in [4.78, 5) is 0. The van der Waals surface area contributed by atoms with E-state index in [2.05, 4.69) is 13.0 Å². The molecule has 2 aromatic rings. The van der Waals surface area contributed by atoms with E-state index >= 15 is 0 Å². The lowest BCUT2D eigenvalue weighted by atomic mass is 10.1. The molecule has 0 spiro atoms. The summed E-state index contributed by atoms with van der Waals surface area (Å²) in [6, 6.07) is 9.39. The van der Waals surface area contributed by atoms with E-state index in [1.54, 1.807) is 18.2 Å². The van der Waals surface area contributed by atoms with Crippen LogP contribution >= 0.6 is 11.6 Å². The molecule has 18 heavy (non-hydrogen) atoms. The third-order valence-corrected chi connectivity index (χ3v) is 3.24. The molecule has 2 rings (SSSR count). The molecule has 0 aliphatic rings. The summed E-state index contributed by atoms with van der Waals surface area (Å²) in [7, 11) is 0. The average Bonchev–Trinajstić information content (AvgIpc) is 2.29. The molecule has 0 aliphatic carbocycles. The van der Waals surface area contributed by atoms with Crippen LogP contribution in [0.3, 0.4) is 0 Å². The Morgan fingerprint density at radius 2 is 1.72 bits per heavy atom. The van der Waals surface area contributed by atoms with Gasteiger partial charge in [-0.2, -0.15) is 0 Å². The van der Waals surface area contributed by atoms with Crippen LogP contribution in [0.1, 0.15) is 16.7 Å². The van der Waals surface area contributed by atoms with Gasteiger partial charge in [-0.15, -0.1) is 0 Å². The van der Waals surface area contributed by atoms with Crippen LogP contribution in [0.5, 0.6) is 11.5 Å². The van der Waals surface area contributed by atoms with Gasteiger partial charge in [0, 0.05) is 5.69 Å². The van der Waals surface area contributed by atoms with Crippen molar-refractivity contribution in [3.05, 3.63) is 52.0 Å². The maximum atomic E-state index is 6.11. The van der Waals surface area contributed by atoms with Crippen molar-refractivity contribution in [2.75, 3.05) is 5.73 Å². The molecule has 0 radical (unpaired) electrons. The summed E-state index contributed by atoms with van der Waals surface area (Å²) in [6.07, 6.45) is 0. The quantitative estimate of drug-likeness (QED) is 0.800. The highest BCUT2D eigenvalue weighted by molar-refractivity contribution is 6.32. The summed E-state index contributed by atoms with van der Waals surface area (Å²) < 4.78 is 5.87. The maximum absolute atomic E-state index is 6.11. The summed E-state index contributed by atoms with van der Waals surface area (Å²) in [5.74, 6) is 1.46. The van der Waals surface area contributed by atoms with Crippen LogP contribution in [-0.4, -0.2) is 0 Å². The van der Waals surface area contributed by atoms with E-state index in [4.69, 9.17) is 22.1 Å². The zero-order chi connectivity index (χ0) is 13.3. The Hall–Kier alpha value is -1.67. The lowest BCUT2D eigenvalue weighted by Gasteiger charge is -2.13. The molecule has 2 N–H and O–H groups in total.